The lowest BCUT2D eigenvalue weighted by Crippen LogP contribution is -2.22. The average molecular weight is 392 g/mol. The number of nitrogens with zero attached hydrogens (tertiary/aromatic N) is 1. The summed E-state index contributed by atoms with van der Waals surface area (Å²) in [6, 6.07) is 9.08. The minimum atomic E-state index is -1.03. The second kappa shape index (κ2) is 7.31. The maximum Gasteiger partial charge on any atom is 0.260 e. The molecule has 6 heteroatoms. The summed E-state index contributed by atoms with van der Waals surface area (Å²) in [4.78, 5) is 13.9. The van der Waals surface area contributed by atoms with Gasteiger partial charge in [0, 0.05) is 18.5 Å². The molecule has 4 nitrogen and oxygen atoms in total. The first-order valence-electron chi connectivity index (χ1n) is 8.12. The Morgan fingerprint density at radius 2 is 2.04 bits per heavy atom. The van der Waals surface area contributed by atoms with Crippen LogP contribution >= 0.6 is 23.2 Å². The second-order valence-corrected chi connectivity index (χ2v) is 7.00. The molecule has 26 heavy (non-hydrogen) atoms. The molecule has 2 aromatic carbocycles. The quantitative estimate of drug-likeness (QED) is 0.745. The van der Waals surface area contributed by atoms with Gasteiger partial charge in [0.05, 0.1) is 22.7 Å². The van der Waals surface area contributed by atoms with Gasteiger partial charge in [-0.25, -0.2) is 0 Å². The Morgan fingerprint density at radius 3 is 2.65 bits per heavy atom. The minimum Gasteiger partial charge on any atom is -0.496 e. The molecule has 0 saturated heterocycles. The molecular weight excluding hydrogens is 373 g/mol. The molecule has 136 valence electrons. The van der Waals surface area contributed by atoms with Gasteiger partial charge in [-0.2, -0.15) is 0 Å². The Kier molecular flexibility index (Phi) is 5.28. The number of benzene rings is 2. The number of aliphatic hydroxyl groups excluding tert-OH is 1. The molecule has 3 rings (SSSR count). The molecule has 1 N–H and O–H groups in total. The Balaban J connectivity index is 2.22. The predicted octanol–water partition coefficient (Wildman–Crippen LogP) is 4.79. The highest BCUT2D eigenvalue weighted by atomic mass is 35.5. The van der Waals surface area contributed by atoms with Crippen LogP contribution in [0.5, 0.6) is 5.75 Å². The normalized spacial score (nSPS) is 17.2. The Hall–Kier alpha value is -2.01. The Morgan fingerprint density at radius 1 is 1.31 bits per heavy atom. The molecular formula is C20H19Cl2NO3. The number of hydrogen-bond donors (Lipinski definition) is 1. The van der Waals surface area contributed by atoms with Crippen LogP contribution in [0.1, 0.15) is 45.6 Å². The van der Waals surface area contributed by atoms with Gasteiger partial charge in [0.15, 0.2) is 6.23 Å². The van der Waals surface area contributed by atoms with Gasteiger partial charge >= 0.3 is 0 Å². The first-order valence-corrected chi connectivity index (χ1v) is 8.88. The molecule has 0 radical (unpaired) electrons. The van der Waals surface area contributed by atoms with Crippen molar-refractivity contribution in [2.45, 2.75) is 18.6 Å². The fourth-order valence-corrected chi connectivity index (χ4v) is 3.71. The van der Waals surface area contributed by atoms with Crippen LogP contribution < -0.4 is 4.74 Å². The number of fused-ring (bicyclic) bond motifs is 1. The molecule has 2 aromatic rings. The van der Waals surface area contributed by atoms with E-state index in [0.29, 0.717) is 33.3 Å². The zero-order valence-electron chi connectivity index (χ0n) is 14.5. The van der Waals surface area contributed by atoms with Gasteiger partial charge < -0.3 is 14.7 Å². The number of rotatable bonds is 5. The number of carbonyl (C=O) groups excluding carboxylic acids is 1. The number of carbonyl (C=O) groups is 1. The van der Waals surface area contributed by atoms with Crippen LogP contribution in [0.2, 0.25) is 10.0 Å². The van der Waals surface area contributed by atoms with Gasteiger partial charge in [-0.15, -0.1) is 6.58 Å². The number of aliphatic hydroxyl groups is 1. The molecule has 0 fully saturated rings. The van der Waals surface area contributed by atoms with E-state index in [9.17, 15) is 9.90 Å². The number of hydrogen-bond acceptors (Lipinski definition) is 3. The summed E-state index contributed by atoms with van der Waals surface area (Å²) in [6.07, 6.45) is 1.38. The van der Waals surface area contributed by atoms with Gasteiger partial charge in [0.2, 0.25) is 0 Å². The van der Waals surface area contributed by atoms with Crippen molar-refractivity contribution >= 4 is 29.1 Å². The molecule has 1 amide bonds. The molecule has 2 unspecified atom stereocenters. The summed E-state index contributed by atoms with van der Waals surface area (Å²) in [6.45, 7) is 3.84. The third-order valence-electron chi connectivity index (χ3n) is 4.74. The lowest BCUT2D eigenvalue weighted by Gasteiger charge is -2.23. The fourth-order valence-electron chi connectivity index (χ4n) is 3.41. The predicted molar refractivity (Wildman–Crippen MR) is 103 cm³/mol. The van der Waals surface area contributed by atoms with E-state index in [0.717, 1.165) is 11.1 Å². The minimum absolute atomic E-state index is 0.129. The van der Waals surface area contributed by atoms with Crippen molar-refractivity contribution < 1.29 is 14.6 Å². The van der Waals surface area contributed by atoms with E-state index in [2.05, 4.69) is 6.58 Å². The number of halogens is 2. The summed E-state index contributed by atoms with van der Waals surface area (Å²) in [5.74, 6) is 0.0530. The van der Waals surface area contributed by atoms with E-state index in [-0.39, 0.29) is 11.8 Å². The number of methoxy groups -OCH3 is 1. The van der Waals surface area contributed by atoms with Crippen LogP contribution in [0.4, 0.5) is 0 Å². The van der Waals surface area contributed by atoms with Crippen molar-refractivity contribution in [1.29, 1.82) is 0 Å². The first-order chi connectivity index (χ1) is 12.4. The maximum atomic E-state index is 12.6. The zero-order chi connectivity index (χ0) is 19.0. The summed E-state index contributed by atoms with van der Waals surface area (Å²) in [5, 5.41) is 11.6. The fraction of sp³-hybridized carbons (Fsp3) is 0.250. The van der Waals surface area contributed by atoms with Crippen LogP contribution in [-0.4, -0.2) is 30.1 Å². The topological polar surface area (TPSA) is 49.8 Å². The molecule has 0 aliphatic carbocycles. The van der Waals surface area contributed by atoms with Crippen molar-refractivity contribution in [3.63, 3.8) is 0 Å². The van der Waals surface area contributed by atoms with Crippen molar-refractivity contribution in [3.05, 3.63) is 75.3 Å². The number of allylic oxidation sites excluding steroid dienone is 1. The highest BCUT2D eigenvalue weighted by molar-refractivity contribution is 6.42. The van der Waals surface area contributed by atoms with Crippen LogP contribution in [-0.2, 0) is 0 Å². The molecule has 0 spiro atoms. The van der Waals surface area contributed by atoms with Crippen LogP contribution in [0, 0.1) is 0 Å². The average Bonchev–Trinajstić information content (AvgIpc) is 2.87. The number of amides is 1. The molecule has 0 bridgehead atoms. The molecule has 0 aromatic heterocycles. The number of ether oxygens (including phenoxy) is 1. The largest absolute Gasteiger partial charge is 0.496 e. The van der Waals surface area contributed by atoms with Gasteiger partial charge in [-0.05, 0) is 35.7 Å². The molecule has 1 heterocycles. The lowest BCUT2D eigenvalue weighted by molar-refractivity contribution is 0.0297. The molecule has 1 aliphatic rings. The van der Waals surface area contributed by atoms with E-state index in [4.69, 9.17) is 27.9 Å². The smallest absolute Gasteiger partial charge is 0.260 e. The lowest BCUT2D eigenvalue weighted by atomic mass is 9.84. The summed E-state index contributed by atoms with van der Waals surface area (Å²) < 4.78 is 5.34. The summed E-state index contributed by atoms with van der Waals surface area (Å²) >= 11 is 12.2. The van der Waals surface area contributed by atoms with Crippen molar-refractivity contribution in [2.24, 2.45) is 0 Å². The van der Waals surface area contributed by atoms with Crippen molar-refractivity contribution in [1.82, 2.24) is 4.90 Å². The summed E-state index contributed by atoms with van der Waals surface area (Å²) in [5.41, 5.74) is 2.73. The molecule has 1 aliphatic heterocycles. The Labute approximate surface area is 162 Å². The van der Waals surface area contributed by atoms with Crippen LogP contribution in [0.25, 0.3) is 0 Å². The standard InChI is InChI=1S/C20H19Cl2NO3/c1-4-5-12(11-6-8-14(21)15(22)10-11)13-7-9-16(26-3)18-17(13)19(24)23(2)20(18)25/h4,6-10,12,19,24H,1,5H2,2-3H3. The van der Waals surface area contributed by atoms with Gasteiger partial charge in [0.25, 0.3) is 5.91 Å². The second-order valence-electron chi connectivity index (χ2n) is 6.19. The third kappa shape index (κ3) is 2.98. The van der Waals surface area contributed by atoms with Crippen molar-refractivity contribution in [2.75, 3.05) is 14.2 Å². The van der Waals surface area contributed by atoms with E-state index < -0.39 is 6.23 Å². The van der Waals surface area contributed by atoms with E-state index in [1.54, 1.807) is 25.3 Å². The SMILES string of the molecule is C=CCC(c1ccc(Cl)c(Cl)c1)c1ccc(OC)c2c1C(O)N(C)C2=O. The monoisotopic (exact) mass is 391 g/mol. The van der Waals surface area contributed by atoms with Crippen LogP contribution in [0.15, 0.2) is 43.0 Å². The molecule has 0 saturated carbocycles. The molecule has 2 atom stereocenters. The highest BCUT2D eigenvalue weighted by Gasteiger charge is 2.39. The van der Waals surface area contributed by atoms with E-state index in [1.165, 1.54) is 12.0 Å². The van der Waals surface area contributed by atoms with Crippen molar-refractivity contribution in [3.8, 4) is 5.75 Å². The van der Waals surface area contributed by atoms with Gasteiger partial charge in [-0.3, -0.25) is 4.79 Å². The first kappa shape index (κ1) is 18.8. The zero-order valence-corrected chi connectivity index (χ0v) is 16.0. The van der Waals surface area contributed by atoms with Crippen LogP contribution in [0.3, 0.4) is 0 Å². The van der Waals surface area contributed by atoms with Gasteiger partial charge in [-0.1, -0.05) is 41.4 Å². The summed E-state index contributed by atoms with van der Waals surface area (Å²) in [7, 11) is 3.07. The third-order valence-corrected chi connectivity index (χ3v) is 5.48. The van der Waals surface area contributed by atoms with Gasteiger partial charge in [0.1, 0.15) is 5.75 Å². The highest BCUT2D eigenvalue weighted by Crippen LogP contribution is 2.44. The maximum absolute atomic E-state index is 12.6. The van der Waals surface area contributed by atoms with E-state index in [1.807, 2.05) is 18.2 Å². The van der Waals surface area contributed by atoms with E-state index >= 15 is 0 Å². The Bertz CT molecular complexity index is 882.